The summed E-state index contributed by atoms with van der Waals surface area (Å²) in [5.74, 6) is -0.144. The normalized spacial score (nSPS) is 12.2. The third-order valence-corrected chi connectivity index (χ3v) is 3.52. The average Bonchev–Trinajstić information content (AvgIpc) is 2.54. The number of nitrogens with two attached hydrogens (primary N) is 1. The number of benzene rings is 2. The first kappa shape index (κ1) is 16.2. The van der Waals surface area contributed by atoms with Gasteiger partial charge in [-0.2, -0.15) is 0 Å². The minimum absolute atomic E-state index is 0.144. The standard InChI is InChI=1S/C18H23N3O/c1-21(2)13-12-20-18(22)17(19)16-10-8-15(9-11-16)14-6-4-3-5-7-14/h3-11,17H,12-13,19H2,1-2H3,(H,20,22). The summed E-state index contributed by atoms with van der Waals surface area (Å²) < 4.78 is 0. The zero-order valence-electron chi connectivity index (χ0n) is 13.1. The molecule has 0 radical (unpaired) electrons. The van der Waals surface area contributed by atoms with E-state index >= 15 is 0 Å². The first-order valence-corrected chi connectivity index (χ1v) is 7.41. The summed E-state index contributed by atoms with van der Waals surface area (Å²) in [6.45, 7) is 1.40. The van der Waals surface area contributed by atoms with Gasteiger partial charge >= 0.3 is 0 Å². The van der Waals surface area contributed by atoms with Gasteiger partial charge in [-0.25, -0.2) is 0 Å². The fraction of sp³-hybridized carbons (Fsp3) is 0.278. The molecule has 0 bridgehead atoms. The summed E-state index contributed by atoms with van der Waals surface area (Å²) in [5.41, 5.74) is 9.11. The molecule has 4 heteroatoms. The lowest BCUT2D eigenvalue weighted by Gasteiger charge is -2.15. The van der Waals surface area contributed by atoms with Crippen molar-refractivity contribution in [3.05, 3.63) is 60.2 Å². The highest BCUT2D eigenvalue weighted by Crippen LogP contribution is 2.21. The summed E-state index contributed by atoms with van der Waals surface area (Å²) in [6.07, 6.45) is 0. The fourth-order valence-corrected chi connectivity index (χ4v) is 2.18. The number of likely N-dealkylation sites (N-methyl/N-ethyl adjacent to an activating group) is 1. The molecule has 2 aromatic carbocycles. The zero-order valence-corrected chi connectivity index (χ0v) is 13.1. The maximum atomic E-state index is 12.0. The molecule has 2 aromatic rings. The van der Waals surface area contributed by atoms with Crippen molar-refractivity contribution < 1.29 is 4.79 Å². The summed E-state index contributed by atoms with van der Waals surface area (Å²) in [7, 11) is 3.93. The van der Waals surface area contributed by atoms with Crippen LogP contribution in [-0.2, 0) is 4.79 Å². The largest absolute Gasteiger partial charge is 0.353 e. The SMILES string of the molecule is CN(C)CCNC(=O)C(N)c1ccc(-c2ccccc2)cc1. The van der Waals surface area contributed by atoms with E-state index in [1.165, 1.54) is 0 Å². The van der Waals surface area contributed by atoms with Crippen molar-refractivity contribution in [3.63, 3.8) is 0 Å². The molecule has 1 unspecified atom stereocenters. The molecule has 0 aromatic heterocycles. The first-order chi connectivity index (χ1) is 10.6. The smallest absolute Gasteiger partial charge is 0.241 e. The molecule has 0 aliphatic rings. The Bertz CT molecular complexity index is 593. The van der Waals surface area contributed by atoms with E-state index in [1.54, 1.807) is 0 Å². The van der Waals surface area contributed by atoms with Crippen molar-refractivity contribution in [1.29, 1.82) is 0 Å². The molecule has 0 saturated carbocycles. The number of carbonyl (C=O) groups is 1. The first-order valence-electron chi connectivity index (χ1n) is 7.41. The number of hydrogen-bond donors (Lipinski definition) is 2. The summed E-state index contributed by atoms with van der Waals surface area (Å²) in [6, 6.07) is 17.3. The van der Waals surface area contributed by atoms with Gasteiger partial charge in [0.25, 0.3) is 0 Å². The monoisotopic (exact) mass is 297 g/mol. The maximum Gasteiger partial charge on any atom is 0.241 e. The lowest BCUT2D eigenvalue weighted by atomic mass is 10.0. The average molecular weight is 297 g/mol. The topological polar surface area (TPSA) is 58.4 Å². The van der Waals surface area contributed by atoms with Gasteiger partial charge in [-0.1, -0.05) is 54.6 Å². The van der Waals surface area contributed by atoms with E-state index in [-0.39, 0.29) is 5.91 Å². The Morgan fingerprint density at radius 1 is 1.05 bits per heavy atom. The Hall–Kier alpha value is -2.17. The Balaban J connectivity index is 1.99. The maximum absolute atomic E-state index is 12.0. The Labute approximate surface area is 131 Å². The van der Waals surface area contributed by atoms with Gasteiger partial charge in [0, 0.05) is 13.1 Å². The highest BCUT2D eigenvalue weighted by molar-refractivity contribution is 5.83. The van der Waals surface area contributed by atoms with E-state index in [1.807, 2.05) is 61.5 Å². The van der Waals surface area contributed by atoms with E-state index in [0.29, 0.717) is 6.54 Å². The molecular weight excluding hydrogens is 274 g/mol. The molecular formula is C18H23N3O. The number of nitrogens with one attached hydrogen (secondary N) is 1. The van der Waals surface area contributed by atoms with E-state index < -0.39 is 6.04 Å². The molecule has 0 aliphatic heterocycles. The van der Waals surface area contributed by atoms with E-state index in [4.69, 9.17) is 5.73 Å². The van der Waals surface area contributed by atoms with E-state index in [0.717, 1.165) is 23.2 Å². The highest BCUT2D eigenvalue weighted by Gasteiger charge is 2.15. The highest BCUT2D eigenvalue weighted by atomic mass is 16.2. The second-order valence-electron chi connectivity index (χ2n) is 5.56. The van der Waals surface area contributed by atoms with Crippen molar-refractivity contribution in [1.82, 2.24) is 10.2 Å². The molecule has 4 nitrogen and oxygen atoms in total. The Morgan fingerprint density at radius 3 is 2.23 bits per heavy atom. The number of rotatable bonds is 6. The van der Waals surface area contributed by atoms with Crippen LogP contribution in [0.4, 0.5) is 0 Å². The zero-order chi connectivity index (χ0) is 15.9. The molecule has 1 atom stereocenters. The van der Waals surface area contributed by atoms with Crippen LogP contribution in [-0.4, -0.2) is 38.0 Å². The van der Waals surface area contributed by atoms with E-state index in [9.17, 15) is 4.79 Å². The minimum Gasteiger partial charge on any atom is -0.353 e. The van der Waals surface area contributed by atoms with Gasteiger partial charge in [0.05, 0.1) is 0 Å². The van der Waals surface area contributed by atoms with Crippen LogP contribution < -0.4 is 11.1 Å². The molecule has 0 heterocycles. The van der Waals surface area contributed by atoms with Crippen LogP contribution in [0, 0.1) is 0 Å². The molecule has 0 aliphatic carbocycles. The van der Waals surface area contributed by atoms with Crippen molar-refractivity contribution in [2.24, 2.45) is 5.73 Å². The molecule has 116 valence electrons. The molecule has 0 saturated heterocycles. The third-order valence-electron chi connectivity index (χ3n) is 3.52. The van der Waals surface area contributed by atoms with Gasteiger partial charge in [0.2, 0.25) is 5.91 Å². The molecule has 1 amide bonds. The molecule has 2 rings (SSSR count). The lowest BCUT2D eigenvalue weighted by Crippen LogP contribution is -2.37. The second kappa shape index (κ2) is 7.73. The van der Waals surface area contributed by atoms with Gasteiger partial charge in [-0.15, -0.1) is 0 Å². The Kier molecular flexibility index (Phi) is 5.69. The predicted molar refractivity (Wildman–Crippen MR) is 90.4 cm³/mol. The van der Waals surface area contributed by atoms with Crippen LogP contribution in [0.25, 0.3) is 11.1 Å². The molecule has 0 spiro atoms. The fourth-order valence-electron chi connectivity index (χ4n) is 2.18. The number of hydrogen-bond acceptors (Lipinski definition) is 3. The number of carbonyl (C=O) groups excluding carboxylic acids is 1. The van der Waals surface area contributed by atoms with Crippen molar-refractivity contribution >= 4 is 5.91 Å². The third kappa shape index (κ3) is 4.41. The summed E-state index contributed by atoms with van der Waals surface area (Å²) in [4.78, 5) is 14.0. The number of amides is 1. The summed E-state index contributed by atoms with van der Waals surface area (Å²) in [5, 5.41) is 2.85. The van der Waals surface area contributed by atoms with Crippen LogP contribution in [0.15, 0.2) is 54.6 Å². The minimum atomic E-state index is -0.632. The van der Waals surface area contributed by atoms with Crippen molar-refractivity contribution in [2.45, 2.75) is 6.04 Å². The van der Waals surface area contributed by atoms with Crippen molar-refractivity contribution in [2.75, 3.05) is 27.2 Å². The van der Waals surface area contributed by atoms with Gasteiger partial charge in [0.1, 0.15) is 6.04 Å². The quantitative estimate of drug-likeness (QED) is 0.858. The Morgan fingerprint density at radius 2 is 1.64 bits per heavy atom. The van der Waals surface area contributed by atoms with Crippen LogP contribution in [0.3, 0.4) is 0 Å². The van der Waals surface area contributed by atoms with Gasteiger partial charge in [-0.05, 0) is 30.8 Å². The molecule has 3 N–H and O–H groups in total. The van der Waals surface area contributed by atoms with Crippen LogP contribution in [0.1, 0.15) is 11.6 Å². The van der Waals surface area contributed by atoms with Crippen LogP contribution >= 0.6 is 0 Å². The molecule has 0 fully saturated rings. The summed E-state index contributed by atoms with van der Waals surface area (Å²) >= 11 is 0. The van der Waals surface area contributed by atoms with Crippen molar-refractivity contribution in [3.8, 4) is 11.1 Å². The van der Waals surface area contributed by atoms with E-state index in [2.05, 4.69) is 17.4 Å². The van der Waals surface area contributed by atoms with Crippen LogP contribution in [0.2, 0.25) is 0 Å². The molecule has 22 heavy (non-hydrogen) atoms. The van der Waals surface area contributed by atoms with Crippen LogP contribution in [0.5, 0.6) is 0 Å². The predicted octanol–water partition coefficient (Wildman–Crippen LogP) is 2.03. The lowest BCUT2D eigenvalue weighted by molar-refractivity contribution is -0.122. The van der Waals surface area contributed by atoms with Gasteiger partial charge in [-0.3, -0.25) is 4.79 Å². The van der Waals surface area contributed by atoms with Gasteiger partial charge < -0.3 is 16.0 Å². The second-order valence-corrected chi connectivity index (χ2v) is 5.56. The van der Waals surface area contributed by atoms with Gasteiger partial charge in [0.15, 0.2) is 0 Å². The number of nitrogens with zero attached hydrogens (tertiary/aromatic N) is 1.